The molecule has 0 aliphatic heterocycles. The molecule has 0 aromatic heterocycles. The quantitative estimate of drug-likeness (QED) is 0.527. The van der Waals surface area contributed by atoms with Crippen molar-refractivity contribution in [1.82, 2.24) is 0 Å². The molecule has 15 heavy (non-hydrogen) atoms. The number of fused-ring (bicyclic) bond motifs is 1. The van der Waals surface area contributed by atoms with Crippen molar-refractivity contribution in [2.75, 3.05) is 0 Å². The van der Waals surface area contributed by atoms with E-state index >= 15 is 0 Å². The maximum absolute atomic E-state index is 11.8. The maximum atomic E-state index is 11.8. The van der Waals surface area contributed by atoms with Crippen LogP contribution in [0, 0.1) is 17.3 Å². The molecule has 0 heterocycles. The van der Waals surface area contributed by atoms with Crippen LogP contribution in [0.25, 0.3) is 0 Å². The van der Waals surface area contributed by atoms with E-state index in [0.717, 1.165) is 11.8 Å². The van der Waals surface area contributed by atoms with Gasteiger partial charge >= 0.3 is 0 Å². The van der Waals surface area contributed by atoms with Crippen molar-refractivity contribution in [2.24, 2.45) is 21.6 Å². The van der Waals surface area contributed by atoms with Crippen LogP contribution in [0.4, 0.5) is 0 Å². The Kier molecular flexibility index (Phi) is 2.67. The van der Waals surface area contributed by atoms with Crippen molar-refractivity contribution in [3.05, 3.63) is 0 Å². The van der Waals surface area contributed by atoms with Crippen LogP contribution in [0.1, 0.15) is 47.0 Å². The lowest BCUT2D eigenvalue weighted by Gasteiger charge is -2.22. The Balaban J connectivity index is 1.93. The Bertz CT molecular complexity index is 272. The first-order chi connectivity index (χ1) is 6.80. The van der Waals surface area contributed by atoms with Gasteiger partial charge in [-0.1, -0.05) is 11.3 Å². The standard InChI is InChI=1S/C12H21NOS/c1-11(2,3)15(14)13-8-12(4)6-9-5-10(9)7-12/h8-10H,5-7H2,1-4H3/b13-8+/t9?,10?,12?,15-/m1/s1. The van der Waals surface area contributed by atoms with Gasteiger partial charge in [0.05, 0.1) is 6.21 Å². The largest absolute Gasteiger partial charge is 0.591 e. The molecule has 0 aromatic carbocycles. The first-order valence-corrected chi connectivity index (χ1v) is 6.88. The van der Waals surface area contributed by atoms with Crippen LogP contribution in [-0.2, 0) is 11.4 Å². The lowest BCUT2D eigenvalue weighted by molar-refractivity contribution is 0.441. The first kappa shape index (κ1) is 11.5. The molecule has 2 rings (SSSR count). The molecule has 2 fully saturated rings. The van der Waals surface area contributed by atoms with Crippen LogP contribution in [0.3, 0.4) is 0 Å². The van der Waals surface area contributed by atoms with Crippen LogP contribution in [0.5, 0.6) is 0 Å². The zero-order chi connectivity index (χ0) is 11.3. The van der Waals surface area contributed by atoms with Crippen molar-refractivity contribution in [2.45, 2.75) is 51.7 Å². The fraction of sp³-hybridized carbons (Fsp3) is 0.917. The molecule has 2 aliphatic rings. The highest BCUT2D eigenvalue weighted by Gasteiger charge is 2.51. The minimum Gasteiger partial charge on any atom is -0.591 e. The van der Waals surface area contributed by atoms with Gasteiger partial charge < -0.3 is 4.55 Å². The number of rotatable bonds is 2. The van der Waals surface area contributed by atoms with Crippen molar-refractivity contribution >= 4 is 17.6 Å². The van der Waals surface area contributed by atoms with Gasteiger partial charge in [-0.25, -0.2) is 0 Å². The molecule has 3 heteroatoms. The SMILES string of the molecule is CC1(/C=N/[S@+]([O-])C(C)(C)C)CC2CC2C1. The van der Waals surface area contributed by atoms with Crippen molar-refractivity contribution in [1.29, 1.82) is 0 Å². The monoisotopic (exact) mass is 227 g/mol. The summed E-state index contributed by atoms with van der Waals surface area (Å²) in [4.78, 5) is 0. The molecule has 86 valence electrons. The molecule has 0 radical (unpaired) electrons. The number of hydrogen-bond acceptors (Lipinski definition) is 2. The molecule has 2 nitrogen and oxygen atoms in total. The Hall–Kier alpha value is -0.0200. The van der Waals surface area contributed by atoms with Crippen LogP contribution in [-0.4, -0.2) is 15.5 Å². The summed E-state index contributed by atoms with van der Waals surface area (Å²) in [6.45, 7) is 8.15. The fourth-order valence-electron chi connectivity index (χ4n) is 2.53. The molecule has 2 saturated carbocycles. The Morgan fingerprint density at radius 1 is 1.33 bits per heavy atom. The summed E-state index contributed by atoms with van der Waals surface area (Å²) < 4.78 is 15.8. The van der Waals surface area contributed by atoms with E-state index in [0.29, 0.717) is 0 Å². The lowest BCUT2D eigenvalue weighted by Crippen LogP contribution is -2.27. The zero-order valence-corrected chi connectivity index (χ0v) is 10.9. The molecule has 2 aliphatic carbocycles. The van der Waals surface area contributed by atoms with Gasteiger partial charge in [0.2, 0.25) is 0 Å². The van der Waals surface area contributed by atoms with E-state index in [-0.39, 0.29) is 10.2 Å². The summed E-state index contributed by atoms with van der Waals surface area (Å²) in [5.74, 6) is 1.90. The molecule has 0 aromatic rings. The highest BCUT2D eigenvalue weighted by Crippen LogP contribution is 2.59. The highest BCUT2D eigenvalue weighted by atomic mass is 32.2. The smallest absolute Gasteiger partial charge is 0.144 e. The fourth-order valence-corrected chi connectivity index (χ4v) is 3.20. The molecular weight excluding hydrogens is 206 g/mol. The highest BCUT2D eigenvalue weighted by molar-refractivity contribution is 7.91. The molecule has 0 N–H and O–H groups in total. The predicted molar refractivity (Wildman–Crippen MR) is 65.3 cm³/mol. The lowest BCUT2D eigenvalue weighted by atomic mass is 9.87. The summed E-state index contributed by atoms with van der Waals surface area (Å²) in [5, 5.41) is 0. The summed E-state index contributed by atoms with van der Waals surface area (Å²) in [6.07, 6.45) is 5.90. The van der Waals surface area contributed by atoms with E-state index < -0.39 is 11.4 Å². The van der Waals surface area contributed by atoms with Crippen molar-refractivity contribution in [3.63, 3.8) is 0 Å². The van der Waals surface area contributed by atoms with Crippen LogP contribution in [0.15, 0.2) is 4.40 Å². The van der Waals surface area contributed by atoms with Gasteiger partial charge in [0.15, 0.2) is 0 Å². The molecule has 0 saturated heterocycles. The van der Waals surface area contributed by atoms with E-state index in [4.69, 9.17) is 0 Å². The van der Waals surface area contributed by atoms with E-state index in [1.165, 1.54) is 19.3 Å². The Morgan fingerprint density at radius 3 is 2.33 bits per heavy atom. The van der Waals surface area contributed by atoms with Crippen LogP contribution in [0.2, 0.25) is 0 Å². The third-order valence-electron chi connectivity index (χ3n) is 3.51. The van der Waals surface area contributed by atoms with Gasteiger partial charge in [-0.05, 0) is 51.9 Å². The van der Waals surface area contributed by atoms with Gasteiger partial charge in [0, 0.05) is 5.41 Å². The zero-order valence-electron chi connectivity index (χ0n) is 10.1. The van der Waals surface area contributed by atoms with E-state index in [9.17, 15) is 4.55 Å². The topological polar surface area (TPSA) is 35.4 Å². The molecular formula is C12H21NOS. The van der Waals surface area contributed by atoms with Gasteiger partial charge in [0.1, 0.15) is 16.1 Å². The maximum Gasteiger partial charge on any atom is 0.144 e. The second kappa shape index (κ2) is 3.49. The Labute approximate surface area is 95.9 Å². The van der Waals surface area contributed by atoms with E-state index in [1.54, 1.807) is 0 Å². The average Bonchev–Trinajstić information content (AvgIpc) is 2.70. The van der Waals surface area contributed by atoms with Gasteiger partial charge in [-0.3, -0.25) is 0 Å². The second-order valence-corrected chi connectivity index (χ2v) is 8.35. The summed E-state index contributed by atoms with van der Waals surface area (Å²) in [6, 6.07) is 0. The normalized spacial score (nSPS) is 41.9. The van der Waals surface area contributed by atoms with Gasteiger partial charge in [-0.15, -0.1) is 0 Å². The molecule has 3 atom stereocenters. The van der Waals surface area contributed by atoms with Gasteiger partial charge in [0.25, 0.3) is 0 Å². The van der Waals surface area contributed by atoms with Crippen LogP contribution >= 0.6 is 0 Å². The predicted octanol–water partition coefficient (Wildman–Crippen LogP) is 2.96. The third kappa shape index (κ3) is 2.56. The minimum absolute atomic E-state index is 0.228. The number of nitrogens with zero attached hydrogens (tertiary/aromatic N) is 1. The first-order valence-electron chi connectivity index (χ1n) is 5.77. The summed E-state index contributed by atoms with van der Waals surface area (Å²) >= 11 is -1.09. The van der Waals surface area contributed by atoms with E-state index in [2.05, 4.69) is 11.3 Å². The Morgan fingerprint density at radius 2 is 1.87 bits per heavy atom. The number of hydrogen-bond donors (Lipinski definition) is 0. The molecule has 0 spiro atoms. The third-order valence-corrected chi connectivity index (χ3v) is 4.85. The minimum atomic E-state index is -1.09. The molecule has 0 bridgehead atoms. The van der Waals surface area contributed by atoms with Crippen molar-refractivity contribution in [3.8, 4) is 0 Å². The molecule has 0 amide bonds. The average molecular weight is 227 g/mol. The van der Waals surface area contributed by atoms with E-state index in [1.807, 2.05) is 27.0 Å². The van der Waals surface area contributed by atoms with Crippen LogP contribution < -0.4 is 0 Å². The summed E-state index contributed by atoms with van der Waals surface area (Å²) in [7, 11) is 0. The molecule has 2 unspecified atom stereocenters. The van der Waals surface area contributed by atoms with Crippen molar-refractivity contribution < 1.29 is 4.55 Å². The van der Waals surface area contributed by atoms with Gasteiger partial charge in [-0.2, -0.15) is 0 Å². The summed E-state index contributed by atoms with van der Waals surface area (Å²) in [5.41, 5.74) is 0.231. The second-order valence-electron chi connectivity index (χ2n) is 6.41.